The van der Waals surface area contributed by atoms with Gasteiger partial charge >= 0.3 is 5.97 Å². The van der Waals surface area contributed by atoms with Gasteiger partial charge in [-0.05, 0) is 11.6 Å². The molecule has 0 spiro atoms. The molecule has 0 fully saturated rings. The molecule has 3 N–H and O–H groups in total. The number of rotatable bonds is 2. The summed E-state index contributed by atoms with van der Waals surface area (Å²) in [7, 11) is 0. The summed E-state index contributed by atoms with van der Waals surface area (Å²) >= 11 is 1.15. The summed E-state index contributed by atoms with van der Waals surface area (Å²) in [6.07, 6.45) is 0.302. The fraction of sp³-hybridized carbons (Fsp3) is 0.154. The zero-order valence-electron chi connectivity index (χ0n) is 10.3. The molecule has 0 bridgehead atoms. The lowest BCUT2D eigenvalue weighted by Crippen LogP contribution is -2.43. The molecule has 1 amide bonds. The van der Waals surface area contributed by atoms with Crippen molar-refractivity contribution in [3.8, 4) is 0 Å². The van der Waals surface area contributed by atoms with E-state index in [0.717, 1.165) is 16.9 Å². The van der Waals surface area contributed by atoms with Crippen molar-refractivity contribution in [2.75, 3.05) is 10.6 Å². The molecule has 2 aromatic rings. The normalized spacial score (nSPS) is 17.0. The van der Waals surface area contributed by atoms with Gasteiger partial charge in [0.05, 0.1) is 0 Å². The SMILES string of the molecule is Nc1nc(C(=O)N2c3ccccc3CC2C(=O)O)cs1. The Labute approximate surface area is 118 Å². The van der Waals surface area contributed by atoms with E-state index in [1.54, 1.807) is 12.1 Å². The van der Waals surface area contributed by atoms with E-state index >= 15 is 0 Å². The zero-order valence-corrected chi connectivity index (χ0v) is 11.1. The zero-order chi connectivity index (χ0) is 14.3. The molecule has 1 aromatic heterocycles. The summed E-state index contributed by atoms with van der Waals surface area (Å²) in [6, 6.07) is 6.27. The molecule has 1 unspecified atom stereocenters. The summed E-state index contributed by atoms with van der Waals surface area (Å²) in [4.78, 5) is 29.1. The van der Waals surface area contributed by atoms with Crippen molar-refractivity contribution >= 4 is 34.0 Å². The van der Waals surface area contributed by atoms with Crippen molar-refractivity contribution in [3.05, 3.63) is 40.9 Å². The topological polar surface area (TPSA) is 96.5 Å². The summed E-state index contributed by atoms with van der Waals surface area (Å²) in [5, 5.41) is 11.1. The van der Waals surface area contributed by atoms with Crippen LogP contribution in [-0.2, 0) is 11.2 Å². The second-order valence-electron chi connectivity index (χ2n) is 4.43. The molecular formula is C13H11N3O3S. The number of nitrogens with two attached hydrogens (primary N) is 1. The molecule has 1 aliphatic heterocycles. The highest BCUT2D eigenvalue weighted by Gasteiger charge is 2.39. The van der Waals surface area contributed by atoms with Gasteiger partial charge in [0.2, 0.25) is 0 Å². The average Bonchev–Trinajstić information content (AvgIpc) is 3.01. The Morgan fingerprint density at radius 3 is 2.80 bits per heavy atom. The molecule has 6 nitrogen and oxygen atoms in total. The Kier molecular flexibility index (Phi) is 2.90. The molecule has 0 saturated carbocycles. The average molecular weight is 289 g/mol. The first-order valence-electron chi connectivity index (χ1n) is 5.93. The number of hydrogen-bond donors (Lipinski definition) is 2. The second-order valence-corrected chi connectivity index (χ2v) is 5.32. The van der Waals surface area contributed by atoms with E-state index in [4.69, 9.17) is 5.73 Å². The van der Waals surface area contributed by atoms with Gasteiger partial charge in [0, 0.05) is 17.5 Å². The van der Waals surface area contributed by atoms with E-state index in [1.807, 2.05) is 12.1 Å². The van der Waals surface area contributed by atoms with E-state index in [2.05, 4.69) is 4.98 Å². The van der Waals surface area contributed by atoms with E-state index in [1.165, 1.54) is 10.3 Å². The summed E-state index contributed by atoms with van der Waals surface area (Å²) in [6.45, 7) is 0. The largest absolute Gasteiger partial charge is 0.480 e. The number of aromatic nitrogens is 1. The Morgan fingerprint density at radius 2 is 2.15 bits per heavy atom. The second kappa shape index (κ2) is 4.61. The van der Waals surface area contributed by atoms with Crippen LogP contribution in [0.15, 0.2) is 29.6 Å². The van der Waals surface area contributed by atoms with Crippen LogP contribution in [0.2, 0.25) is 0 Å². The quantitative estimate of drug-likeness (QED) is 0.870. The van der Waals surface area contributed by atoms with Gasteiger partial charge in [-0.1, -0.05) is 18.2 Å². The lowest BCUT2D eigenvalue weighted by Gasteiger charge is -2.21. The van der Waals surface area contributed by atoms with Crippen LogP contribution in [0.1, 0.15) is 16.1 Å². The number of hydrogen-bond acceptors (Lipinski definition) is 5. The highest BCUT2D eigenvalue weighted by atomic mass is 32.1. The van der Waals surface area contributed by atoms with Gasteiger partial charge in [-0.3, -0.25) is 9.69 Å². The fourth-order valence-corrected chi connectivity index (χ4v) is 2.88. The maximum atomic E-state index is 12.5. The van der Waals surface area contributed by atoms with Gasteiger partial charge in [0.1, 0.15) is 11.7 Å². The Hall–Kier alpha value is -2.41. The number of carboxylic acid groups (broad SMARTS) is 1. The van der Waals surface area contributed by atoms with Crippen LogP contribution in [0.5, 0.6) is 0 Å². The van der Waals surface area contributed by atoms with Crippen molar-refractivity contribution in [1.82, 2.24) is 4.98 Å². The van der Waals surface area contributed by atoms with Gasteiger partial charge in [-0.2, -0.15) is 0 Å². The van der Waals surface area contributed by atoms with Gasteiger partial charge < -0.3 is 10.8 Å². The van der Waals surface area contributed by atoms with E-state index in [-0.39, 0.29) is 10.8 Å². The number of carbonyl (C=O) groups excluding carboxylic acids is 1. The third kappa shape index (κ3) is 1.92. The predicted molar refractivity (Wildman–Crippen MR) is 74.9 cm³/mol. The minimum Gasteiger partial charge on any atom is -0.480 e. The predicted octanol–water partition coefficient (Wildman–Crippen LogP) is 1.38. The molecule has 0 saturated heterocycles. The smallest absolute Gasteiger partial charge is 0.327 e. The third-order valence-corrected chi connectivity index (χ3v) is 3.89. The number of carboxylic acids is 1. The molecule has 1 aliphatic rings. The maximum Gasteiger partial charge on any atom is 0.327 e. The number of anilines is 2. The minimum absolute atomic E-state index is 0.176. The number of amides is 1. The molecule has 1 aromatic carbocycles. The Balaban J connectivity index is 2.04. The number of benzene rings is 1. The number of para-hydroxylation sites is 1. The monoisotopic (exact) mass is 289 g/mol. The first-order chi connectivity index (χ1) is 9.58. The third-order valence-electron chi connectivity index (χ3n) is 3.22. The molecular weight excluding hydrogens is 278 g/mol. The lowest BCUT2D eigenvalue weighted by atomic mass is 10.1. The molecule has 7 heteroatoms. The van der Waals surface area contributed by atoms with Crippen LogP contribution in [0.25, 0.3) is 0 Å². The van der Waals surface area contributed by atoms with Gasteiger partial charge in [-0.15, -0.1) is 11.3 Å². The van der Waals surface area contributed by atoms with Crippen LogP contribution < -0.4 is 10.6 Å². The Morgan fingerprint density at radius 1 is 1.40 bits per heavy atom. The van der Waals surface area contributed by atoms with Crippen LogP contribution in [0.3, 0.4) is 0 Å². The van der Waals surface area contributed by atoms with E-state index < -0.39 is 17.9 Å². The highest BCUT2D eigenvalue weighted by Crippen LogP contribution is 2.33. The van der Waals surface area contributed by atoms with Crippen LogP contribution in [0.4, 0.5) is 10.8 Å². The van der Waals surface area contributed by atoms with Crippen LogP contribution >= 0.6 is 11.3 Å². The molecule has 0 radical (unpaired) electrons. The molecule has 3 rings (SSSR count). The maximum absolute atomic E-state index is 12.5. The number of nitrogens with zero attached hydrogens (tertiary/aromatic N) is 2. The van der Waals surface area contributed by atoms with Gasteiger partial charge in [0.15, 0.2) is 5.13 Å². The standard InChI is InChI=1S/C13H11N3O3S/c14-13-15-8(6-20-13)11(17)16-9-4-2-1-3-7(9)5-10(16)12(18)19/h1-4,6,10H,5H2,(H2,14,15)(H,18,19). The minimum atomic E-state index is -1.03. The summed E-state index contributed by atoms with van der Waals surface area (Å²) < 4.78 is 0. The molecule has 20 heavy (non-hydrogen) atoms. The van der Waals surface area contributed by atoms with Gasteiger partial charge in [0.25, 0.3) is 5.91 Å². The van der Waals surface area contributed by atoms with Crippen LogP contribution in [-0.4, -0.2) is 28.0 Å². The van der Waals surface area contributed by atoms with Gasteiger partial charge in [-0.25, -0.2) is 9.78 Å². The molecule has 0 aliphatic carbocycles. The summed E-state index contributed by atoms with van der Waals surface area (Å²) in [5.41, 5.74) is 7.17. The fourth-order valence-electron chi connectivity index (χ4n) is 2.34. The first kappa shape index (κ1) is 12.6. The number of nitrogen functional groups attached to an aromatic ring is 1. The van der Waals surface area contributed by atoms with Crippen molar-refractivity contribution < 1.29 is 14.7 Å². The van der Waals surface area contributed by atoms with Crippen molar-refractivity contribution in [2.45, 2.75) is 12.5 Å². The first-order valence-corrected chi connectivity index (χ1v) is 6.81. The number of aliphatic carboxylic acids is 1. The van der Waals surface area contributed by atoms with Crippen molar-refractivity contribution in [3.63, 3.8) is 0 Å². The molecule has 102 valence electrons. The van der Waals surface area contributed by atoms with E-state index in [0.29, 0.717) is 12.1 Å². The van der Waals surface area contributed by atoms with Crippen molar-refractivity contribution in [1.29, 1.82) is 0 Å². The number of fused-ring (bicyclic) bond motifs is 1. The number of carbonyl (C=O) groups is 2. The molecule has 2 heterocycles. The molecule has 1 atom stereocenters. The summed E-state index contributed by atoms with van der Waals surface area (Å²) in [5.74, 6) is -1.46. The number of thiazole rings is 1. The van der Waals surface area contributed by atoms with Crippen molar-refractivity contribution in [2.24, 2.45) is 0 Å². The lowest BCUT2D eigenvalue weighted by molar-refractivity contribution is -0.138. The Bertz CT molecular complexity index is 698. The van der Waals surface area contributed by atoms with Crippen LogP contribution in [0, 0.1) is 0 Å². The van der Waals surface area contributed by atoms with E-state index in [9.17, 15) is 14.7 Å². The highest BCUT2D eigenvalue weighted by molar-refractivity contribution is 7.13.